The van der Waals surface area contributed by atoms with Crippen molar-refractivity contribution in [2.75, 3.05) is 0 Å². The summed E-state index contributed by atoms with van der Waals surface area (Å²) in [6.07, 6.45) is 6.78. The lowest BCUT2D eigenvalue weighted by atomic mass is 10.1. The summed E-state index contributed by atoms with van der Waals surface area (Å²) in [6.45, 7) is 19.5. The Bertz CT molecular complexity index is 190. The van der Waals surface area contributed by atoms with Crippen molar-refractivity contribution in [3.05, 3.63) is 0 Å². The zero-order valence-electron chi connectivity index (χ0n) is 13.6. The quantitative estimate of drug-likeness (QED) is 0.440. The molecule has 0 aliphatic carbocycles. The molecule has 0 amide bonds. The Balaban J connectivity index is 5.23. The predicted octanol–water partition coefficient (Wildman–Crippen LogP) is 6.42. The second-order valence-electron chi connectivity index (χ2n) is 6.55. The van der Waals surface area contributed by atoms with Gasteiger partial charge in [0, 0.05) is 0 Å². The maximum Gasteiger partial charge on any atom is -0.0146 e. The van der Waals surface area contributed by atoms with E-state index in [9.17, 15) is 0 Å². The Kier molecular flexibility index (Phi) is 7.31. The van der Waals surface area contributed by atoms with E-state index in [1.54, 1.807) is 0 Å². The first kappa shape index (κ1) is 17.4. The third kappa shape index (κ3) is 4.55. The summed E-state index contributed by atoms with van der Waals surface area (Å²) in [6, 6.07) is 0. The average molecular weight is 258 g/mol. The standard InChI is InChI=1S/C16H35P/c1-9-13-14(10-2)17(15(5,6)11-3)16(7,8)12-4/h14H,9-13H2,1-8H3. The van der Waals surface area contributed by atoms with Crippen LogP contribution < -0.4 is 0 Å². The van der Waals surface area contributed by atoms with Gasteiger partial charge in [0.25, 0.3) is 0 Å². The van der Waals surface area contributed by atoms with Gasteiger partial charge in [-0.2, -0.15) is 0 Å². The molecule has 0 fully saturated rings. The summed E-state index contributed by atoms with van der Waals surface area (Å²) >= 11 is 0. The molecule has 0 heterocycles. The van der Waals surface area contributed by atoms with Gasteiger partial charge in [-0.1, -0.05) is 69.7 Å². The van der Waals surface area contributed by atoms with Crippen LogP contribution >= 0.6 is 7.92 Å². The Morgan fingerprint density at radius 2 is 1.24 bits per heavy atom. The number of rotatable bonds is 8. The van der Waals surface area contributed by atoms with Gasteiger partial charge in [-0.3, -0.25) is 0 Å². The van der Waals surface area contributed by atoms with Gasteiger partial charge >= 0.3 is 0 Å². The largest absolute Gasteiger partial charge is 0.0919 e. The van der Waals surface area contributed by atoms with Gasteiger partial charge in [0.1, 0.15) is 0 Å². The molecule has 0 aromatic rings. The molecule has 0 radical (unpaired) electrons. The summed E-state index contributed by atoms with van der Waals surface area (Å²) in [5, 5.41) is 1.06. The highest BCUT2D eigenvalue weighted by Gasteiger charge is 2.41. The highest BCUT2D eigenvalue weighted by Crippen LogP contribution is 2.66. The van der Waals surface area contributed by atoms with Crippen LogP contribution in [0.1, 0.15) is 87.5 Å². The lowest BCUT2D eigenvalue weighted by Gasteiger charge is -2.49. The molecule has 1 unspecified atom stereocenters. The van der Waals surface area contributed by atoms with Crippen LogP contribution in [0, 0.1) is 0 Å². The highest BCUT2D eigenvalue weighted by atomic mass is 31.1. The zero-order valence-corrected chi connectivity index (χ0v) is 14.5. The van der Waals surface area contributed by atoms with E-state index in [2.05, 4.69) is 55.4 Å². The van der Waals surface area contributed by atoms with E-state index in [0.717, 1.165) is 5.66 Å². The van der Waals surface area contributed by atoms with Gasteiger partial charge in [-0.05, 0) is 41.7 Å². The zero-order chi connectivity index (χ0) is 13.7. The third-order valence-corrected chi connectivity index (χ3v) is 9.09. The van der Waals surface area contributed by atoms with Crippen molar-refractivity contribution in [1.82, 2.24) is 0 Å². The Labute approximate surface area is 112 Å². The lowest BCUT2D eigenvalue weighted by molar-refractivity contribution is 0.572. The molecule has 0 aliphatic heterocycles. The van der Waals surface area contributed by atoms with Crippen LogP contribution in [0.3, 0.4) is 0 Å². The van der Waals surface area contributed by atoms with E-state index in [1.807, 2.05) is 0 Å². The molecule has 0 N–H and O–H groups in total. The van der Waals surface area contributed by atoms with E-state index in [1.165, 1.54) is 32.1 Å². The van der Waals surface area contributed by atoms with Crippen LogP contribution in [-0.2, 0) is 0 Å². The fourth-order valence-electron chi connectivity index (χ4n) is 3.00. The Morgan fingerprint density at radius 1 is 0.824 bits per heavy atom. The molecule has 0 rings (SSSR count). The van der Waals surface area contributed by atoms with Gasteiger partial charge in [-0.25, -0.2) is 0 Å². The van der Waals surface area contributed by atoms with Crippen molar-refractivity contribution in [2.24, 2.45) is 0 Å². The van der Waals surface area contributed by atoms with Gasteiger partial charge in [0.05, 0.1) is 0 Å². The minimum absolute atomic E-state index is 0.0832. The molecule has 1 heteroatoms. The first-order chi connectivity index (χ1) is 7.76. The summed E-state index contributed by atoms with van der Waals surface area (Å²) in [7, 11) is 0.0832. The summed E-state index contributed by atoms with van der Waals surface area (Å²) in [4.78, 5) is 0. The molecule has 0 aliphatic rings. The van der Waals surface area contributed by atoms with Crippen molar-refractivity contribution in [2.45, 2.75) is 103 Å². The lowest BCUT2D eigenvalue weighted by Crippen LogP contribution is -2.34. The van der Waals surface area contributed by atoms with E-state index < -0.39 is 0 Å². The van der Waals surface area contributed by atoms with Crippen LogP contribution in [-0.4, -0.2) is 16.0 Å². The van der Waals surface area contributed by atoms with E-state index in [-0.39, 0.29) is 7.92 Å². The van der Waals surface area contributed by atoms with Crippen molar-refractivity contribution in [3.8, 4) is 0 Å². The molecule has 17 heavy (non-hydrogen) atoms. The van der Waals surface area contributed by atoms with Crippen LogP contribution in [0.2, 0.25) is 0 Å². The molecular weight excluding hydrogens is 223 g/mol. The maximum absolute atomic E-state index is 2.51. The SMILES string of the molecule is CCCC(CC)P(C(C)(C)CC)C(C)(C)CC. The molecule has 0 aromatic heterocycles. The second kappa shape index (κ2) is 7.13. The first-order valence-electron chi connectivity index (χ1n) is 7.56. The molecule has 0 saturated heterocycles. The van der Waals surface area contributed by atoms with Gasteiger partial charge in [-0.15, -0.1) is 0 Å². The molecule has 0 bridgehead atoms. The van der Waals surface area contributed by atoms with E-state index in [0.29, 0.717) is 10.3 Å². The normalized spacial score (nSPS) is 15.4. The van der Waals surface area contributed by atoms with Crippen LogP contribution in [0.4, 0.5) is 0 Å². The molecule has 1 atom stereocenters. The van der Waals surface area contributed by atoms with Crippen LogP contribution in [0.15, 0.2) is 0 Å². The third-order valence-electron chi connectivity index (χ3n) is 4.49. The van der Waals surface area contributed by atoms with E-state index in [4.69, 9.17) is 0 Å². The minimum atomic E-state index is 0.0832. The van der Waals surface area contributed by atoms with Gasteiger partial charge in [0.15, 0.2) is 0 Å². The van der Waals surface area contributed by atoms with Crippen molar-refractivity contribution in [3.63, 3.8) is 0 Å². The van der Waals surface area contributed by atoms with Crippen molar-refractivity contribution in [1.29, 1.82) is 0 Å². The molecule has 0 nitrogen and oxygen atoms in total. The predicted molar refractivity (Wildman–Crippen MR) is 84.6 cm³/mol. The monoisotopic (exact) mass is 258 g/mol. The van der Waals surface area contributed by atoms with E-state index >= 15 is 0 Å². The van der Waals surface area contributed by atoms with Gasteiger partial charge in [0.2, 0.25) is 0 Å². The second-order valence-corrected chi connectivity index (χ2v) is 10.4. The topological polar surface area (TPSA) is 0 Å². The van der Waals surface area contributed by atoms with Gasteiger partial charge < -0.3 is 0 Å². The minimum Gasteiger partial charge on any atom is -0.0919 e. The smallest absolute Gasteiger partial charge is 0.0146 e. The molecule has 0 aromatic carbocycles. The van der Waals surface area contributed by atoms with Crippen LogP contribution in [0.25, 0.3) is 0 Å². The molecule has 0 saturated carbocycles. The van der Waals surface area contributed by atoms with Crippen molar-refractivity contribution < 1.29 is 0 Å². The average Bonchev–Trinajstić information content (AvgIpc) is 2.27. The highest BCUT2D eigenvalue weighted by molar-refractivity contribution is 7.61. The fraction of sp³-hybridized carbons (Fsp3) is 1.00. The summed E-state index contributed by atoms with van der Waals surface area (Å²) in [5.41, 5.74) is 0.958. The molecule has 0 spiro atoms. The molecule has 104 valence electrons. The maximum atomic E-state index is 2.51. The van der Waals surface area contributed by atoms with Crippen molar-refractivity contribution >= 4 is 7.92 Å². The molecular formula is C16H35P. The number of hydrogen-bond donors (Lipinski definition) is 0. The Hall–Kier alpha value is 0.430. The number of hydrogen-bond acceptors (Lipinski definition) is 0. The summed E-state index contributed by atoms with van der Waals surface area (Å²) in [5.74, 6) is 0. The summed E-state index contributed by atoms with van der Waals surface area (Å²) < 4.78 is 0. The first-order valence-corrected chi connectivity index (χ1v) is 8.97. The fourth-order valence-corrected chi connectivity index (χ4v) is 8.18. The van der Waals surface area contributed by atoms with Crippen LogP contribution in [0.5, 0.6) is 0 Å². The Morgan fingerprint density at radius 3 is 1.47 bits per heavy atom.